The third kappa shape index (κ3) is 4.36. The Labute approximate surface area is 131 Å². The number of anilines is 1. The Hall–Kier alpha value is -2.28. The lowest BCUT2D eigenvalue weighted by molar-refractivity contribution is -0.131. The number of carbonyl (C=O) groups is 1. The quantitative estimate of drug-likeness (QED) is 0.799. The number of benzene rings is 1. The van der Waals surface area contributed by atoms with Crippen LogP contribution in [0.25, 0.3) is 6.08 Å². The summed E-state index contributed by atoms with van der Waals surface area (Å²) in [5, 5.41) is 12.3. The van der Waals surface area contributed by atoms with E-state index in [0.717, 1.165) is 23.2 Å². The zero-order chi connectivity index (χ0) is 16.2. The molecule has 1 heterocycles. The number of hydrogen-bond acceptors (Lipinski definition) is 5. The maximum Gasteiger partial charge on any atom is 0.328 e. The highest BCUT2D eigenvalue weighted by Crippen LogP contribution is 2.24. The van der Waals surface area contributed by atoms with Crippen LogP contribution in [0.1, 0.15) is 25.2 Å². The van der Waals surface area contributed by atoms with Crippen molar-refractivity contribution in [2.24, 2.45) is 0 Å². The summed E-state index contributed by atoms with van der Waals surface area (Å²) in [6.45, 7) is 4.68. The molecule has 0 spiro atoms. The molecule has 0 fully saturated rings. The van der Waals surface area contributed by atoms with Gasteiger partial charge in [-0.3, -0.25) is 0 Å². The second kappa shape index (κ2) is 6.65. The molecule has 0 atom stereocenters. The van der Waals surface area contributed by atoms with Crippen molar-refractivity contribution in [1.29, 1.82) is 0 Å². The first kappa shape index (κ1) is 16.1. The number of nitrogens with one attached hydrogen (secondary N) is 1. The van der Waals surface area contributed by atoms with Crippen LogP contribution in [-0.4, -0.2) is 27.0 Å². The van der Waals surface area contributed by atoms with E-state index in [1.807, 2.05) is 13.8 Å². The number of nitrogens with zero attached hydrogens (tertiary/aromatic N) is 2. The highest BCUT2D eigenvalue weighted by Gasteiger charge is 2.21. The monoisotopic (exact) mass is 321 g/mol. The molecule has 0 aliphatic carbocycles. The zero-order valence-corrected chi connectivity index (χ0v) is 13.0. The highest BCUT2D eigenvalue weighted by molar-refractivity contribution is 7.09. The standard InChI is InChI=1S/C15H16FN3O2S/c1-15(2,10-3-5-11(16)6-4-10)9-17-14-18-12(19-22-14)7-8-13(20)21/h3-8H,9H2,1-2H3,(H,20,21)(H,17,18,19). The number of hydrogen-bond donors (Lipinski definition) is 2. The average molecular weight is 321 g/mol. The maximum atomic E-state index is 13.0. The molecule has 116 valence electrons. The second-order valence-corrected chi connectivity index (χ2v) is 6.13. The summed E-state index contributed by atoms with van der Waals surface area (Å²) >= 11 is 1.16. The molecule has 0 radical (unpaired) electrons. The maximum absolute atomic E-state index is 13.0. The van der Waals surface area contributed by atoms with Crippen LogP contribution in [0.5, 0.6) is 0 Å². The molecule has 22 heavy (non-hydrogen) atoms. The number of carboxylic acid groups (broad SMARTS) is 1. The first-order valence-electron chi connectivity index (χ1n) is 6.61. The summed E-state index contributed by atoms with van der Waals surface area (Å²) in [4.78, 5) is 14.6. The number of halogens is 1. The molecule has 2 N–H and O–H groups in total. The summed E-state index contributed by atoms with van der Waals surface area (Å²) in [5.41, 5.74) is 0.799. The first-order chi connectivity index (χ1) is 10.4. The Morgan fingerprint density at radius 2 is 2.09 bits per heavy atom. The predicted octanol–water partition coefficient (Wildman–Crippen LogP) is 3.16. The minimum Gasteiger partial charge on any atom is -0.478 e. The van der Waals surface area contributed by atoms with Gasteiger partial charge in [0, 0.05) is 29.6 Å². The average Bonchev–Trinajstić information content (AvgIpc) is 2.92. The Morgan fingerprint density at radius 3 is 2.73 bits per heavy atom. The lowest BCUT2D eigenvalue weighted by atomic mass is 9.85. The molecule has 2 aromatic rings. The van der Waals surface area contributed by atoms with E-state index in [4.69, 9.17) is 5.11 Å². The Kier molecular flexibility index (Phi) is 4.87. The zero-order valence-electron chi connectivity index (χ0n) is 12.2. The van der Waals surface area contributed by atoms with Crippen LogP contribution in [0.4, 0.5) is 9.52 Å². The molecule has 7 heteroatoms. The fraction of sp³-hybridized carbons (Fsp3) is 0.267. The minimum atomic E-state index is -1.04. The van der Waals surface area contributed by atoms with Crippen LogP contribution < -0.4 is 5.32 Å². The first-order valence-corrected chi connectivity index (χ1v) is 7.39. The van der Waals surface area contributed by atoms with Crippen molar-refractivity contribution in [1.82, 2.24) is 9.36 Å². The highest BCUT2D eigenvalue weighted by atomic mass is 32.1. The second-order valence-electron chi connectivity index (χ2n) is 5.37. The van der Waals surface area contributed by atoms with Gasteiger partial charge in [-0.1, -0.05) is 26.0 Å². The van der Waals surface area contributed by atoms with Crippen molar-refractivity contribution in [2.45, 2.75) is 19.3 Å². The van der Waals surface area contributed by atoms with Gasteiger partial charge in [0.2, 0.25) is 5.13 Å². The van der Waals surface area contributed by atoms with Crippen molar-refractivity contribution in [3.05, 3.63) is 47.5 Å². The van der Waals surface area contributed by atoms with Crippen molar-refractivity contribution < 1.29 is 14.3 Å². The van der Waals surface area contributed by atoms with Gasteiger partial charge < -0.3 is 10.4 Å². The molecule has 0 aliphatic rings. The molecule has 0 unspecified atom stereocenters. The van der Waals surface area contributed by atoms with Gasteiger partial charge in [-0.2, -0.15) is 9.36 Å². The van der Waals surface area contributed by atoms with Crippen LogP contribution in [-0.2, 0) is 10.2 Å². The van der Waals surface area contributed by atoms with Crippen LogP contribution in [0.15, 0.2) is 30.3 Å². The van der Waals surface area contributed by atoms with Crippen molar-refractivity contribution in [3.63, 3.8) is 0 Å². The number of aromatic nitrogens is 2. The third-order valence-corrected chi connectivity index (χ3v) is 3.81. The molecule has 0 aliphatic heterocycles. The molecule has 1 aromatic carbocycles. The van der Waals surface area contributed by atoms with Crippen LogP contribution in [0, 0.1) is 5.82 Å². The fourth-order valence-corrected chi connectivity index (χ4v) is 2.37. The normalized spacial score (nSPS) is 11.8. The molecule has 0 saturated carbocycles. The van der Waals surface area contributed by atoms with E-state index in [1.165, 1.54) is 18.2 Å². The van der Waals surface area contributed by atoms with Gasteiger partial charge in [0.15, 0.2) is 5.82 Å². The largest absolute Gasteiger partial charge is 0.478 e. The third-order valence-electron chi connectivity index (χ3n) is 3.12. The van der Waals surface area contributed by atoms with Gasteiger partial charge in [-0.05, 0) is 23.8 Å². The van der Waals surface area contributed by atoms with Gasteiger partial charge in [0.05, 0.1) is 0 Å². The van der Waals surface area contributed by atoms with Crippen LogP contribution in [0.2, 0.25) is 0 Å². The van der Waals surface area contributed by atoms with Gasteiger partial charge in [-0.25, -0.2) is 9.18 Å². The summed E-state index contributed by atoms with van der Waals surface area (Å²) in [6.07, 6.45) is 2.34. The lowest BCUT2D eigenvalue weighted by Gasteiger charge is -2.25. The Bertz CT molecular complexity index is 680. The summed E-state index contributed by atoms with van der Waals surface area (Å²) in [5.74, 6) is -0.942. The van der Waals surface area contributed by atoms with E-state index in [-0.39, 0.29) is 11.2 Å². The summed E-state index contributed by atoms with van der Waals surface area (Å²) < 4.78 is 17.0. The van der Waals surface area contributed by atoms with Crippen molar-refractivity contribution >= 4 is 28.7 Å². The van der Waals surface area contributed by atoms with E-state index in [1.54, 1.807) is 12.1 Å². The molecule has 2 rings (SSSR count). The van der Waals surface area contributed by atoms with Gasteiger partial charge in [-0.15, -0.1) is 0 Å². The summed E-state index contributed by atoms with van der Waals surface area (Å²) in [7, 11) is 0. The molecule has 0 saturated heterocycles. The Balaban J connectivity index is 2.00. The van der Waals surface area contributed by atoms with E-state index >= 15 is 0 Å². The molecule has 5 nitrogen and oxygen atoms in total. The summed E-state index contributed by atoms with van der Waals surface area (Å²) in [6, 6.07) is 6.41. The Morgan fingerprint density at radius 1 is 1.41 bits per heavy atom. The van der Waals surface area contributed by atoms with Crippen molar-refractivity contribution in [3.8, 4) is 0 Å². The smallest absolute Gasteiger partial charge is 0.328 e. The molecule has 0 amide bonds. The number of aliphatic carboxylic acids is 1. The number of rotatable bonds is 6. The van der Waals surface area contributed by atoms with E-state index in [2.05, 4.69) is 14.7 Å². The molecule has 1 aromatic heterocycles. The lowest BCUT2D eigenvalue weighted by Crippen LogP contribution is -2.27. The number of carboxylic acids is 1. The fourth-order valence-electron chi connectivity index (χ4n) is 1.82. The van der Waals surface area contributed by atoms with E-state index in [9.17, 15) is 9.18 Å². The van der Waals surface area contributed by atoms with E-state index < -0.39 is 5.97 Å². The van der Waals surface area contributed by atoms with Crippen LogP contribution >= 0.6 is 11.5 Å². The molecular weight excluding hydrogens is 305 g/mol. The molecular formula is C15H16FN3O2S. The predicted molar refractivity (Wildman–Crippen MR) is 84.5 cm³/mol. The minimum absolute atomic E-state index is 0.212. The van der Waals surface area contributed by atoms with Gasteiger partial charge >= 0.3 is 5.97 Å². The van der Waals surface area contributed by atoms with E-state index in [0.29, 0.717) is 17.5 Å². The molecule has 0 bridgehead atoms. The van der Waals surface area contributed by atoms with Crippen molar-refractivity contribution in [2.75, 3.05) is 11.9 Å². The van der Waals surface area contributed by atoms with Gasteiger partial charge in [0.1, 0.15) is 5.82 Å². The van der Waals surface area contributed by atoms with Crippen LogP contribution in [0.3, 0.4) is 0 Å². The SMILES string of the molecule is CC(C)(CNc1nc(C=CC(=O)O)ns1)c1ccc(F)cc1. The topological polar surface area (TPSA) is 75.1 Å². The van der Waals surface area contributed by atoms with Gasteiger partial charge in [0.25, 0.3) is 0 Å².